The zero-order valence-electron chi connectivity index (χ0n) is 22.0. The third kappa shape index (κ3) is 6.47. The van der Waals surface area contributed by atoms with Crippen molar-refractivity contribution >= 4 is 63.8 Å². The molecule has 4 rings (SSSR count). The average Bonchev–Trinajstić information content (AvgIpc) is 3.35. The number of aromatic nitrogens is 5. The van der Waals surface area contributed by atoms with Gasteiger partial charge in [0.15, 0.2) is 23.1 Å². The van der Waals surface area contributed by atoms with Crippen LogP contribution in [0.25, 0.3) is 10.6 Å². The van der Waals surface area contributed by atoms with E-state index in [2.05, 4.69) is 41.3 Å². The smallest absolute Gasteiger partial charge is 0.272 e. The number of nitrogens with zero attached hydrogens (tertiary/aromatic N) is 5. The van der Waals surface area contributed by atoms with Crippen LogP contribution in [0, 0.1) is 6.92 Å². The fourth-order valence-corrected chi connectivity index (χ4v) is 4.36. The van der Waals surface area contributed by atoms with Crippen molar-refractivity contribution in [2.75, 3.05) is 17.7 Å². The number of methoxy groups -OCH3 is 1. The number of hydrogen-bond donors (Lipinski definition) is 4. The van der Waals surface area contributed by atoms with Gasteiger partial charge in [0, 0.05) is 12.3 Å². The monoisotopic (exact) mass is 528 g/mol. The number of carbonyl (C=O) groups is 1. The SMILES string of the molecule is BC(B)(B)NC(=O)c1nnc(Nc2ccc(C)nn2)cc1Nc1cccc(-c2ncc(C(C)O)s2)c1OC. The summed E-state index contributed by atoms with van der Waals surface area (Å²) < 4.78 is 5.76. The standard InChI is InChI=1S/C23H27B3N8O3S/c1-11-7-8-17(32-31-11)29-18-9-15(19(34-33-18)21(36)30-23(24,25)26)28-14-6-4-5-13(20(14)37-3)22-27-10-16(38-22)12(2)35/h4-10,12,35H,24-26H2,1-3H3,(H,30,36)(H2,28,29,32,33). The number of amides is 1. The Kier molecular flexibility index (Phi) is 7.98. The molecule has 0 aliphatic carbocycles. The molecule has 0 bridgehead atoms. The van der Waals surface area contributed by atoms with Gasteiger partial charge in [0.1, 0.15) is 28.5 Å². The number of aliphatic hydroxyl groups is 1. The molecule has 0 spiro atoms. The van der Waals surface area contributed by atoms with Gasteiger partial charge in [-0.05, 0) is 43.3 Å². The lowest BCUT2D eigenvalue weighted by molar-refractivity contribution is 0.0947. The van der Waals surface area contributed by atoms with Crippen LogP contribution in [0.4, 0.5) is 23.0 Å². The van der Waals surface area contributed by atoms with Crippen LogP contribution in [0.15, 0.2) is 42.6 Å². The quantitative estimate of drug-likeness (QED) is 0.227. The van der Waals surface area contributed by atoms with Crippen LogP contribution in [-0.4, -0.2) is 72.3 Å². The van der Waals surface area contributed by atoms with Gasteiger partial charge < -0.3 is 25.8 Å². The van der Waals surface area contributed by atoms with Gasteiger partial charge in [0.25, 0.3) is 5.91 Å². The van der Waals surface area contributed by atoms with Crippen LogP contribution >= 0.6 is 11.3 Å². The minimum atomic E-state index is -0.621. The first kappa shape index (κ1) is 27.1. The first-order chi connectivity index (χ1) is 18.0. The maximum absolute atomic E-state index is 13.1. The fourth-order valence-electron chi connectivity index (χ4n) is 3.49. The van der Waals surface area contributed by atoms with Gasteiger partial charge in [-0.2, -0.15) is 5.10 Å². The van der Waals surface area contributed by atoms with Crippen molar-refractivity contribution in [2.24, 2.45) is 0 Å². The van der Waals surface area contributed by atoms with E-state index in [1.54, 1.807) is 32.4 Å². The van der Waals surface area contributed by atoms with E-state index in [0.717, 1.165) is 16.1 Å². The third-order valence-corrected chi connectivity index (χ3v) is 6.41. The van der Waals surface area contributed by atoms with Crippen LogP contribution in [-0.2, 0) is 0 Å². The number of benzene rings is 1. The van der Waals surface area contributed by atoms with Gasteiger partial charge >= 0.3 is 0 Å². The zero-order valence-corrected chi connectivity index (χ0v) is 22.8. The fraction of sp³-hybridized carbons (Fsp3) is 0.217. The third-order valence-electron chi connectivity index (χ3n) is 5.21. The molecule has 0 aliphatic heterocycles. The molecule has 0 aliphatic rings. The highest BCUT2D eigenvalue weighted by atomic mass is 32.1. The zero-order chi connectivity index (χ0) is 27.4. The largest absolute Gasteiger partial charge is 0.494 e. The van der Waals surface area contributed by atoms with Gasteiger partial charge in [0.05, 0.1) is 40.7 Å². The number of thiazole rings is 1. The Morgan fingerprint density at radius 3 is 2.45 bits per heavy atom. The molecular formula is C23H27B3N8O3S. The Morgan fingerprint density at radius 2 is 1.82 bits per heavy atom. The van der Waals surface area contributed by atoms with Crippen LogP contribution in [0.3, 0.4) is 0 Å². The van der Waals surface area contributed by atoms with Crippen molar-refractivity contribution in [2.45, 2.75) is 25.2 Å². The summed E-state index contributed by atoms with van der Waals surface area (Å²) in [5.41, 5.74) is 2.64. The van der Waals surface area contributed by atoms with Crippen molar-refractivity contribution in [3.05, 3.63) is 58.9 Å². The molecule has 1 atom stereocenters. The van der Waals surface area contributed by atoms with Gasteiger partial charge in [-0.3, -0.25) is 4.79 Å². The Labute approximate surface area is 227 Å². The molecule has 3 heterocycles. The Balaban J connectivity index is 1.74. The number of nitrogens with one attached hydrogen (secondary N) is 3. The number of aliphatic hydroxyl groups excluding tert-OH is 1. The minimum Gasteiger partial charge on any atom is -0.494 e. The number of para-hydroxylation sites is 1. The Bertz CT molecular complexity index is 1440. The van der Waals surface area contributed by atoms with Gasteiger partial charge in [-0.15, -0.1) is 26.6 Å². The second-order valence-corrected chi connectivity index (χ2v) is 10.7. The molecule has 4 aromatic rings. The van der Waals surface area contributed by atoms with Crippen molar-refractivity contribution in [3.63, 3.8) is 0 Å². The van der Waals surface area contributed by atoms with Crippen molar-refractivity contribution < 1.29 is 14.6 Å². The molecule has 1 unspecified atom stereocenters. The van der Waals surface area contributed by atoms with Crippen LogP contribution in [0.5, 0.6) is 5.75 Å². The summed E-state index contributed by atoms with van der Waals surface area (Å²) >= 11 is 1.38. The summed E-state index contributed by atoms with van der Waals surface area (Å²) in [7, 11) is 7.23. The Hall–Kier alpha value is -3.97. The maximum atomic E-state index is 13.1. The van der Waals surface area contributed by atoms with E-state index in [4.69, 9.17) is 4.74 Å². The normalized spacial score (nSPS) is 12.0. The summed E-state index contributed by atoms with van der Waals surface area (Å²) in [4.78, 5) is 18.3. The number of rotatable bonds is 9. The number of aryl methyl sites for hydroxylation is 1. The van der Waals surface area contributed by atoms with Crippen molar-refractivity contribution in [1.82, 2.24) is 30.7 Å². The van der Waals surface area contributed by atoms with Gasteiger partial charge in [-0.1, -0.05) is 6.07 Å². The average molecular weight is 528 g/mol. The molecule has 0 saturated heterocycles. The summed E-state index contributed by atoms with van der Waals surface area (Å²) in [5, 5.41) is 36.0. The van der Waals surface area contributed by atoms with Gasteiger partial charge in [-0.25, -0.2) is 4.98 Å². The van der Waals surface area contributed by atoms with E-state index in [0.29, 0.717) is 33.8 Å². The van der Waals surface area contributed by atoms with E-state index >= 15 is 0 Å². The second kappa shape index (κ2) is 11.2. The molecule has 3 aromatic heterocycles. The van der Waals surface area contributed by atoms with E-state index in [1.165, 1.54) is 11.3 Å². The molecule has 1 amide bonds. The second-order valence-electron chi connectivity index (χ2n) is 9.64. The molecular weight excluding hydrogens is 501 g/mol. The topological polar surface area (TPSA) is 147 Å². The lowest BCUT2D eigenvalue weighted by Crippen LogP contribution is -2.50. The maximum Gasteiger partial charge on any atom is 0.272 e. The minimum absolute atomic E-state index is 0.110. The van der Waals surface area contributed by atoms with Crippen LogP contribution in [0.2, 0.25) is 0 Å². The summed E-state index contributed by atoms with van der Waals surface area (Å²) in [6.07, 6.45) is 1.03. The highest BCUT2D eigenvalue weighted by Crippen LogP contribution is 2.40. The predicted molar refractivity (Wildman–Crippen MR) is 156 cm³/mol. The van der Waals surface area contributed by atoms with Gasteiger partial charge in [0.2, 0.25) is 0 Å². The molecule has 4 N–H and O–H groups in total. The summed E-state index contributed by atoms with van der Waals surface area (Å²) in [6.45, 7) is 3.54. The number of ether oxygens (including phenoxy) is 1. The molecule has 15 heteroatoms. The molecule has 11 nitrogen and oxygen atoms in total. The number of carbonyl (C=O) groups excluding carboxylic acids is 1. The van der Waals surface area contributed by atoms with E-state index in [-0.39, 0.29) is 11.6 Å². The highest BCUT2D eigenvalue weighted by molar-refractivity contribution is 7.15. The molecule has 0 saturated carbocycles. The van der Waals surface area contributed by atoms with Crippen molar-refractivity contribution in [1.29, 1.82) is 0 Å². The summed E-state index contributed by atoms with van der Waals surface area (Å²) in [6, 6.07) is 10.8. The Morgan fingerprint density at radius 1 is 1.05 bits per heavy atom. The molecule has 0 radical (unpaired) electrons. The lowest BCUT2D eigenvalue weighted by Gasteiger charge is -2.22. The lowest BCUT2D eigenvalue weighted by atomic mass is 9.49. The summed E-state index contributed by atoms with van der Waals surface area (Å²) in [5.74, 6) is 0.997. The molecule has 1 aromatic carbocycles. The van der Waals surface area contributed by atoms with E-state index in [9.17, 15) is 9.90 Å². The van der Waals surface area contributed by atoms with Crippen LogP contribution < -0.4 is 20.7 Å². The number of anilines is 4. The highest BCUT2D eigenvalue weighted by Gasteiger charge is 2.23. The first-order valence-corrected chi connectivity index (χ1v) is 12.7. The molecule has 192 valence electrons. The van der Waals surface area contributed by atoms with E-state index < -0.39 is 11.3 Å². The number of hydrogen-bond acceptors (Lipinski definition) is 11. The van der Waals surface area contributed by atoms with E-state index in [1.807, 2.05) is 54.7 Å². The molecule has 38 heavy (non-hydrogen) atoms. The predicted octanol–water partition coefficient (Wildman–Crippen LogP) is 0.488. The van der Waals surface area contributed by atoms with Crippen LogP contribution in [0.1, 0.15) is 34.1 Å². The van der Waals surface area contributed by atoms with Crippen molar-refractivity contribution in [3.8, 4) is 16.3 Å². The first-order valence-electron chi connectivity index (χ1n) is 11.9. The molecule has 0 fully saturated rings.